The number of carbonyl (C=O) groups excluding carboxylic acids is 2. The van der Waals surface area contributed by atoms with Crippen molar-refractivity contribution < 1.29 is 23.5 Å². The van der Waals surface area contributed by atoms with Crippen LogP contribution in [-0.2, 0) is 27.0 Å². The third kappa shape index (κ3) is 12.1. The lowest BCUT2D eigenvalue weighted by Gasteiger charge is -2.38. The number of nitrogens with one attached hydrogen (secondary N) is 2. The van der Waals surface area contributed by atoms with Gasteiger partial charge in [0.1, 0.15) is 12.4 Å². The summed E-state index contributed by atoms with van der Waals surface area (Å²) >= 11 is 0. The molecular formula is C30H46N2O5Si. The molecule has 0 saturated heterocycles. The highest BCUT2D eigenvalue weighted by molar-refractivity contribution is 6.74. The van der Waals surface area contributed by atoms with E-state index in [9.17, 15) is 9.59 Å². The Morgan fingerprint density at radius 3 is 2.24 bits per heavy atom. The second kappa shape index (κ2) is 15.5. The number of ether oxygens (including phenoxy) is 2. The second-order valence-electron chi connectivity index (χ2n) is 11.2. The number of hydrogen-bond donors (Lipinski definition) is 2. The summed E-state index contributed by atoms with van der Waals surface area (Å²) in [5, 5.41) is 5.87. The number of carbonyl (C=O) groups is 2. The van der Waals surface area contributed by atoms with Gasteiger partial charge in [0.2, 0.25) is 0 Å². The van der Waals surface area contributed by atoms with Gasteiger partial charge in [-0.2, -0.15) is 0 Å². The Bertz CT molecular complexity index is 974. The first kappa shape index (κ1) is 31.4. The average Bonchev–Trinajstić information content (AvgIpc) is 2.86. The van der Waals surface area contributed by atoms with E-state index < -0.39 is 14.4 Å². The summed E-state index contributed by atoms with van der Waals surface area (Å²) < 4.78 is 17.2. The standard InChI is InChI=1S/C30H46N2O5Si/c1-24(37-38(5,6)30(2,3)4)19-21-31-28(33)23-35-27-17-15-25(16-18-27)12-10-11-20-32-29(34)36-22-26-13-8-7-9-14-26/h7-9,13-18,24H,10-12,19-23H2,1-6H3,(H,31,33)(H,32,34). The highest BCUT2D eigenvalue weighted by Crippen LogP contribution is 2.37. The predicted octanol–water partition coefficient (Wildman–Crippen LogP) is 6.23. The van der Waals surface area contributed by atoms with Gasteiger partial charge in [0.25, 0.3) is 5.91 Å². The molecule has 0 spiro atoms. The van der Waals surface area contributed by atoms with E-state index in [1.165, 1.54) is 5.56 Å². The molecule has 0 aliphatic rings. The summed E-state index contributed by atoms with van der Waals surface area (Å²) in [5.74, 6) is 0.532. The van der Waals surface area contributed by atoms with E-state index in [-0.39, 0.29) is 30.3 Å². The zero-order chi connectivity index (χ0) is 28.0. The second-order valence-corrected chi connectivity index (χ2v) is 16.0. The number of unbranched alkanes of at least 4 members (excludes halogenated alkanes) is 1. The van der Waals surface area contributed by atoms with E-state index in [2.05, 4.69) is 51.4 Å². The number of alkyl carbamates (subject to hydrolysis) is 1. The van der Waals surface area contributed by atoms with Crippen LogP contribution in [0.15, 0.2) is 54.6 Å². The van der Waals surface area contributed by atoms with Gasteiger partial charge in [-0.1, -0.05) is 63.2 Å². The molecule has 0 heterocycles. The molecule has 38 heavy (non-hydrogen) atoms. The number of aryl methyl sites for hydroxylation is 1. The Morgan fingerprint density at radius 2 is 1.58 bits per heavy atom. The van der Waals surface area contributed by atoms with Crippen LogP contribution in [0.4, 0.5) is 4.79 Å². The molecule has 2 aromatic carbocycles. The first-order valence-corrected chi connectivity index (χ1v) is 16.5. The van der Waals surface area contributed by atoms with Gasteiger partial charge in [-0.25, -0.2) is 4.79 Å². The van der Waals surface area contributed by atoms with Crippen molar-refractivity contribution in [3.05, 3.63) is 65.7 Å². The van der Waals surface area contributed by atoms with Gasteiger partial charge in [-0.15, -0.1) is 0 Å². The maximum absolute atomic E-state index is 12.2. The zero-order valence-corrected chi connectivity index (χ0v) is 25.0. The van der Waals surface area contributed by atoms with E-state index in [0.717, 1.165) is 31.2 Å². The molecule has 0 aliphatic carbocycles. The molecule has 0 aliphatic heterocycles. The van der Waals surface area contributed by atoms with Crippen molar-refractivity contribution in [2.24, 2.45) is 0 Å². The molecule has 2 aromatic rings. The number of amides is 2. The van der Waals surface area contributed by atoms with E-state index >= 15 is 0 Å². The summed E-state index contributed by atoms with van der Waals surface area (Å²) in [7, 11) is -1.80. The van der Waals surface area contributed by atoms with Gasteiger partial charge >= 0.3 is 6.09 Å². The number of benzene rings is 2. The first-order valence-electron chi connectivity index (χ1n) is 13.6. The van der Waals surface area contributed by atoms with E-state index in [1.54, 1.807) is 0 Å². The van der Waals surface area contributed by atoms with Gasteiger partial charge in [0.15, 0.2) is 14.9 Å². The summed E-state index contributed by atoms with van der Waals surface area (Å²) in [4.78, 5) is 24.0. The molecule has 1 atom stereocenters. The Balaban J connectivity index is 1.55. The van der Waals surface area contributed by atoms with Crippen LogP contribution in [0.1, 0.15) is 58.1 Å². The summed E-state index contributed by atoms with van der Waals surface area (Å²) in [5.41, 5.74) is 2.15. The largest absolute Gasteiger partial charge is 0.484 e. The third-order valence-electron chi connectivity index (χ3n) is 6.84. The van der Waals surface area contributed by atoms with Crippen molar-refractivity contribution >= 4 is 20.3 Å². The van der Waals surface area contributed by atoms with Crippen LogP contribution in [-0.4, -0.2) is 46.1 Å². The van der Waals surface area contributed by atoms with Crippen molar-refractivity contribution in [3.8, 4) is 5.75 Å². The van der Waals surface area contributed by atoms with Crippen molar-refractivity contribution in [3.63, 3.8) is 0 Å². The minimum Gasteiger partial charge on any atom is -0.484 e. The van der Waals surface area contributed by atoms with Crippen LogP contribution in [0.3, 0.4) is 0 Å². The maximum atomic E-state index is 12.2. The molecule has 0 fully saturated rings. The summed E-state index contributed by atoms with van der Waals surface area (Å²) in [6.45, 7) is 14.6. The monoisotopic (exact) mass is 542 g/mol. The van der Waals surface area contributed by atoms with Gasteiger partial charge in [-0.3, -0.25) is 4.79 Å². The lowest BCUT2D eigenvalue weighted by atomic mass is 10.1. The minimum atomic E-state index is -1.80. The quantitative estimate of drug-likeness (QED) is 0.206. The topological polar surface area (TPSA) is 85.9 Å². The van der Waals surface area contributed by atoms with E-state index in [4.69, 9.17) is 13.9 Å². The van der Waals surface area contributed by atoms with E-state index in [1.807, 2.05) is 54.6 Å². The van der Waals surface area contributed by atoms with Gasteiger partial charge in [-0.05, 0) is 74.0 Å². The highest BCUT2D eigenvalue weighted by Gasteiger charge is 2.38. The molecule has 2 amide bonds. The SMILES string of the molecule is CC(CCNC(=O)COc1ccc(CCCCNC(=O)OCc2ccccc2)cc1)O[Si](C)(C)C(C)(C)C. The third-order valence-corrected chi connectivity index (χ3v) is 11.4. The highest BCUT2D eigenvalue weighted by atomic mass is 28.4. The van der Waals surface area contributed by atoms with Gasteiger partial charge < -0.3 is 24.5 Å². The fourth-order valence-electron chi connectivity index (χ4n) is 3.52. The zero-order valence-electron chi connectivity index (χ0n) is 24.0. The first-order chi connectivity index (χ1) is 18.0. The molecule has 0 saturated carbocycles. The molecule has 2 N–H and O–H groups in total. The van der Waals surface area contributed by atoms with Crippen LogP contribution in [0, 0.1) is 0 Å². The average molecular weight is 543 g/mol. The predicted molar refractivity (Wildman–Crippen MR) is 155 cm³/mol. The normalized spacial score (nSPS) is 12.5. The maximum Gasteiger partial charge on any atom is 0.407 e. The lowest BCUT2D eigenvalue weighted by Crippen LogP contribution is -2.44. The Hall–Kier alpha value is -2.84. The van der Waals surface area contributed by atoms with Crippen molar-refractivity contribution in [1.82, 2.24) is 10.6 Å². The van der Waals surface area contributed by atoms with Gasteiger partial charge in [0.05, 0.1) is 0 Å². The molecule has 1 unspecified atom stereocenters. The summed E-state index contributed by atoms with van der Waals surface area (Å²) in [6.07, 6.45) is 3.19. The molecule has 2 rings (SSSR count). The van der Waals surface area contributed by atoms with Crippen molar-refractivity contribution in [2.45, 2.75) is 84.2 Å². The molecule has 0 radical (unpaired) electrons. The number of rotatable bonds is 15. The molecule has 7 nitrogen and oxygen atoms in total. The number of hydrogen-bond acceptors (Lipinski definition) is 5. The Labute approximate surface area is 229 Å². The van der Waals surface area contributed by atoms with Crippen LogP contribution in [0.25, 0.3) is 0 Å². The molecule has 0 bridgehead atoms. The van der Waals surface area contributed by atoms with Crippen LogP contribution in [0.5, 0.6) is 5.75 Å². The van der Waals surface area contributed by atoms with Crippen LogP contribution >= 0.6 is 0 Å². The Morgan fingerprint density at radius 1 is 0.895 bits per heavy atom. The summed E-state index contributed by atoms with van der Waals surface area (Å²) in [6, 6.07) is 17.4. The molecule has 210 valence electrons. The fourth-order valence-corrected chi connectivity index (χ4v) is 5.00. The molecule has 8 heteroatoms. The smallest absolute Gasteiger partial charge is 0.407 e. The van der Waals surface area contributed by atoms with E-state index in [0.29, 0.717) is 18.8 Å². The van der Waals surface area contributed by atoms with Crippen LogP contribution < -0.4 is 15.4 Å². The lowest BCUT2D eigenvalue weighted by molar-refractivity contribution is -0.123. The minimum absolute atomic E-state index is 0.0111. The Kier molecular flexibility index (Phi) is 12.8. The van der Waals surface area contributed by atoms with Crippen LogP contribution in [0.2, 0.25) is 18.1 Å². The van der Waals surface area contributed by atoms with Crippen molar-refractivity contribution in [2.75, 3.05) is 19.7 Å². The molecule has 0 aromatic heterocycles. The molecular weight excluding hydrogens is 496 g/mol. The van der Waals surface area contributed by atoms with Gasteiger partial charge in [0, 0.05) is 19.2 Å². The van der Waals surface area contributed by atoms with Crippen molar-refractivity contribution in [1.29, 1.82) is 0 Å². The fraction of sp³-hybridized carbons (Fsp3) is 0.533.